The molecule has 0 spiro atoms. The Balaban J connectivity index is 2.33. The van der Waals surface area contributed by atoms with E-state index in [1.165, 1.54) is 6.07 Å². The van der Waals surface area contributed by atoms with Gasteiger partial charge in [-0.25, -0.2) is 9.78 Å². The highest BCUT2D eigenvalue weighted by atomic mass is 16.5. The molecule has 21 heavy (non-hydrogen) atoms. The molecule has 3 N–H and O–H groups in total. The molecule has 0 radical (unpaired) electrons. The molecule has 7 nitrogen and oxygen atoms in total. The van der Waals surface area contributed by atoms with Crippen molar-refractivity contribution >= 4 is 33.6 Å². The quantitative estimate of drug-likeness (QED) is 0.753. The van der Waals surface area contributed by atoms with E-state index in [1.54, 1.807) is 30.1 Å². The molecule has 0 aliphatic heterocycles. The molecule has 3 aromatic rings. The van der Waals surface area contributed by atoms with Gasteiger partial charge in [-0.05, 0) is 18.2 Å². The summed E-state index contributed by atoms with van der Waals surface area (Å²) in [7, 11) is 1.61. The molecule has 2 aromatic heterocycles. The van der Waals surface area contributed by atoms with Crippen LogP contribution >= 0.6 is 0 Å². The minimum Gasteiger partial charge on any atom is -0.478 e. The molecule has 0 aliphatic carbocycles. The van der Waals surface area contributed by atoms with Gasteiger partial charge in [0.2, 0.25) is 0 Å². The summed E-state index contributed by atoms with van der Waals surface area (Å²) in [5.41, 5.74) is 7.57. The van der Waals surface area contributed by atoms with Gasteiger partial charge in [-0.2, -0.15) is 5.10 Å². The summed E-state index contributed by atoms with van der Waals surface area (Å²) in [6.45, 7) is 1.05. The fourth-order valence-corrected chi connectivity index (χ4v) is 2.35. The summed E-state index contributed by atoms with van der Waals surface area (Å²) in [4.78, 5) is 15.5. The summed E-state index contributed by atoms with van der Waals surface area (Å²) in [6, 6.07) is 4.76. The number of methoxy groups -OCH3 is 1. The SMILES string of the molecule is COCCn1ncc2c(N)nc3ccc(C(=O)O)cc3c21. The fourth-order valence-electron chi connectivity index (χ4n) is 2.35. The maximum Gasteiger partial charge on any atom is 0.335 e. The van der Waals surface area contributed by atoms with Gasteiger partial charge in [0.1, 0.15) is 5.82 Å². The van der Waals surface area contributed by atoms with Crippen LogP contribution in [0.5, 0.6) is 0 Å². The lowest BCUT2D eigenvalue weighted by atomic mass is 10.1. The molecule has 2 heterocycles. The lowest BCUT2D eigenvalue weighted by molar-refractivity contribution is 0.0697. The number of carboxylic acid groups (broad SMARTS) is 1. The second kappa shape index (κ2) is 5.02. The molecule has 0 bridgehead atoms. The molecule has 7 heteroatoms. The Bertz CT molecular complexity index is 841. The standard InChI is InChI=1S/C14H14N4O3/c1-21-5-4-18-12-9-6-8(14(19)20)2-3-11(9)17-13(15)10(12)7-16-18/h2-3,6-7H,4-5H2,1H3,(H2,15,17)(H,19,20). The van der Waals surface area contributed by atoms with E-state index in [4.69, 9.17) is 15.6 Å². The number of nitrogens with zero attached hydrogens (tertiary/aromatic N) is 3. The fraction of sp³-hybridized carbons (Fsp3) is 0.214. The first-order valence-corrected chi connectivity index (χ1v) is 6.39. The van der Waals surface area contributed by atoms with Crippen molar-refractivity contribution in [1.82, 2.24) is 14.8 Å². The van der Waals surface area contributed by atoms with E-state index in [-0.39, 0.29) is 5.56 Å². The predicted octanol–water partition coefficient (Wildman–Crippen LogP) is 1.51. The van der Waals surface area contributed by atoms with Gasteiger partial charge < -0.3 is 15.6 Å². The number of ether oxygens (including phenoxy) is 1. The minimum absolute atomic E-state index is 0.204. The van der Waals surface area contributed by atoms with Crippen LogP contribution in [0.25, 0.3) is 21.8 Å². The largest absolute Gasteiger partial charge is 0.478 e. The number of fused-ring (bicyclic) bond motifs is 3. The number of rotatable bonds is 4. The van der Waals surface area contributed by atoms with Crippen molar-refractivity contribution in [3.63, 3.8) is 0 Å². The Kier molecular flexibility index (Phi) is 3.19. The van der Waals surface area contributed by atoms with E-state index in [1.807, 2.05) is 0 Å². The molecule has 0 aliphatic rings. The van der Waals surface area contributed by atoms with Crippen molar-refractivity contribution in [2.45, 2.75) is 6.54 Å². The number of benzene rings is 1. The first-order chi connectivity index (χ1) is 10.1. The number of carboxylic acids is 1. The van der Waals surface area contributed by atoms with Crippen LogP contribution in [0.4, 0.5) is 5.82 Å². The first kappa shape index (κ1) is 13.3. The van der Waals surface area contributed by atoms with Crippen LogP contribution in [0.15, 0.2) is 24.4 Å². The van der Waals surface area contributed by atoms with Crippen molar-refractivity contribution in [3.8, 4) is 0 Å². The number of nitrogen functional groups attached to an aromatic ring is 1. The molecule has 0 saturated carbocycles. The number of hydrogen-bond donors (Lipinski definition) is 2. The second-order valence-corrected chi connectivity index (χ2v) is 4.66. The number of carbonyl (C=O) groups is 1. The number of aromatic carboxylic acids is 1. The molecule has 1 aromatic carbocycles. The normalized spacial score (nSPS) is 11.3. The van der Waals surface area contributed by atoms with Crippen molar-refractivity contribution in [2.75, 3.05) is 19.5 Å². The summed E-state index contributed by atoms with van der Waals surface area (Å²) in [5, 5.41) is 14.9. The topological polar surface area (TPSA) is 103 Å². The van der Waals surface area contributed by atoms with Gasteiger partial charge in [-0.3, -0.25) is 4.68 Å². The van der Waals surface area contributed by atoms with Crippen LogP contribution in [0, 0.1) is 0 Å². The van der Waals surface area contributed by atoms with E-state index in [9.17, 15) is 4.79 Å². The highest BCUT2D eigenvalue weighted by Gasteiger charge is 2.14. The van der Waals surface area contributed by atoms with Crippen molar-refractivity contribution in [1.29, 1.82) is 0 Å². The Hall–Kier alpha value is -2.67. The lowest BCUT2D eigenvalue weighted by Crippen LogP contribution is -2.06. The summed E-state index contributed by atoms with van der Waals surface area (Å²) in [6.07, 6.45) is 1.64. The third-order valence-electron chi connectivity index (χ3n) is 3.36. The van der Waals surface area contributed by atoms with Gasteiger partial charge in [0.05, 0.1) is 41.3 Å². The Morgan fingerprint density at radius 3 is 2.95 bits per heavy atom. The number of aromatic nitrogens is 3. The van der Waals surface area contributed by atoms with Crippen LogP contribution in [0.2, 0.25) is 0 Å². The number of hydrogen-bond acceptors (Lipinski definition) is 5. The van der Waals surface area contributed by atoms with Crippen molar-refractivity contribution in [2.24, 2.45) is 0 Å². The van der Waals surface area contributed by atoms with Crippen LogP contribution in [-0.4, -0.2) is 39.6 Å². The highest BCUT2D eigenvalue weighted by Crippen LogP contribution is 2.28. The van der Waals surface area contributed by atoms with Crippen molar-refractivity contribution < 1.29 is 14.6 Å². The molecule has 0 unspecified atom stereocenters. The summed E-state index contributed by atoms with van der Waals surface area (Å²) in [5.74, 6) is -0.603. The van der Waals surface area contributed by atoms with Crippen LogP contribution < -0.4 is 5.73 Å². The van der Waals surface area contributed by atoms with Gasteiger partial charge >= 0.3 is 5.97 Å². The minimum atomic E-state index is -0.982. The van der Waals surface area contributed by atoms with E-state index in [2.05, 4.69) is 10.1 Å². The predicted molar refractivity (Wildman–Crippen MR) is 78.3 cm³/mol. The van der Waals surface area contributed by atoms with E-state index < -0.39 is 5.97 Å². The third-order valence-corrected chi connectivity index (χ3v) is 3.36. The zero-order valence-corrected chi connectivity index (χ0v) is 11.4. The molecular weight excluding hydrogens is 272 g/mol. The Labute approximate surface area is 119 Å². The Morgan fingerprint density at radius 1 is 1.43 bits per heavy atom. The van der Waals surface area contributed by atoms with E-state index in [0.717, 1.165) is 5.52 Å². The second-order valence-electron chi connectivity index (χ2n) is 4.66. The summed E-state index contributed by atoms with van der Waals surface area (Å²) < 4.78 is 6.82. The van der Waals surface area contributed by atoms with Crippen LogP contribution in [0.1, 0.15) is 10.4 Å². The van der Waals surface area contributed by atoms with Gasteiger partial charge in [-0.1, -0.05) is 0 Å². The highest BCUT2D eigenvalue weighted by molar-refractivity contribution is 6.09. The van der Waals surface area contributed by atoms with Crippen LogP contribution in [-0.2, 0) is 11.3 Å². The monoisotopic (exact) mass is 286 g/mol. The first-order valence-electron chi connectivity index (χ1n) is 6.39. The van der Waals surface area contributed by atoms with E-state index in [0.29, 0.717) is 35.3 Å². The molecule has 0 atom stereocenters. The van der Waals surface area contributed by atoms with E-state index >= 15 is 0 Å². The maximum atomic E-state index is 11.2. The molecular formula is C14H14N4O3. The number of anilines is 1. The van der Waals surface area contributed by atoms with Gasteiger partial charge in [0, 0.05) is 12.5 Å². The van der Waals surface area contributed by atoms with Gasteiger partial charge in [0.25, 0.3) is 0 Å². The zero-order valence-electron chi connectivity index (χ0n) is 11.4. The van der Waals surface area contributed by atoms with Crippen molar-refractivity contribution in [3.05, 3.63) is 30.0 Å². The van der Waals surface area contributed by atoms with Crippen LogP contribution in [0.3, 0.4) is 0 Å². The summed E-state index contributed by atoms with van der Waals surface area (Å²) >= 11 is 0. The average Bonchev–Trinajstić information content (AvgIpc) is 2.89. The molecule has 0 amide bonds. The molecule has 0 fully saturated rings. The molecule has 108 valence electrons. The lowest BCUT2D eigenvalue weighted by Gasteiger charge is -2.07. The average molecular weight is 286 g/mol. The number of pyridine rings is 1. The maximum absolute atomic E-state index is 11.2. The zero-order chi connectivity index (χ0) is 15.0. The third kappa shape index (κ3) is 2.17. The van der Waals surface area contributed by atoms with Gasteiger partial charge in [-0.15, -0.1) is 0 Å². The molecule has 3 rings (SSSR count). The Morgan fingerprint density at radius 2 is 2.24 bits per heavy atom. The molecule has 0 saturated heterocycles. The number of nitrogens with two attached hydrogens (primary N) is 1. The van der Waals surface area contributed by atoms with Gasteiger partial charge in [0.15, 0.2) is 0 Å². The smallest absolute Gasteiger partial charge is 0.335 e.